The topological polar surface area (TPSA) is 119 Å². The number of nitrogens with zero attached hydrogens (tertiary/aromatic N) is 5. The molecule has 1 saturated carbocycles. The van der Waals surface area contributed by atoms with Gasteiger partial charge in [0.15, 0.2) is 5.65 Å². The average molecular weight is 370 g/mol. The third kappa shape index (κ3) is 2.19. The van der Waals surface area contributed by atoms with Gasteiger partial charge >= 0.3 is 0 Å². The fourth-order valence-electron chi connectivity index (χ4n) is 3.73. The van der Waals surface area contributed by atoms with Gasteiger partial charge in [-0.15, -0.1) is 0 Å². The van der Waals surface area contributed by atoms with Crippen LogP contribution in [-0.4, -0.2) is 40.9 Å². The van der Waals surface area contributed by atoms with E-state index in [1.807, 2.05) is 16.8 Å². The Morgan fingerprint density at radius 2 is 2.15 bits per heavy atom. The number of halogens is 1. The van der Waals surface area contributed by atoms with Crippen molar-refractivity contribution < 1.29 is 5.11 Å². The molecule has 0 amide bonds. The van der Waals surface area contributed by atoms with Crippen LogP contribution >= 0.6 is 11.6 Å². The highest BCUT2D eigenvalue weighted by Gasteiger charge is 2.29. The molecular weight excluding hydrogens is 354 g/mol. The number of hydrogen-bond acceptors (Lipinski definition) is 6. The number of aliphatic hydroxyl groups is 1. The van der Waals surface area contributed by atoms with Crippen molar-refractivity contribution >= 4 is 39.5 Å². The molecule has 5 rings (SSSR count). The first kappa shape index (κ1) is 15.5. The molecular formula is C17H16ClN7O. The van der Waals surface area contributed by atoms with Crippen LogP contribution in [0.2, 0.25) is 5.02 Å². The zero-order chi connectivity index (χ0) is 17.8. The van der Waals surface area contributed by atoms with E-state index in [2.05, 4.69) is 19.9 Å². The summed E-state index contributed by atoms with van der Waals surface area (Å²) in [7, 11) is 0. The van der Waals surface area contributed by atoms with Gasteiger partial charge in [-0.25, -0.2) is 19.6 Å². The SMILES string of the molecule is Nc1ncnc2c1c(-c1[nH]c3ncccc3c1Cl)nn2C1CCC(O)C1. The fourth-order valence-corrected chi connectivity index (χ4v) is 4.02. The monoisotopic (exact) mass is 369 g/mol. The molecule has 4 N–H and O–H groups in total. The zero-order valence-electron chi connectivity index (χ0n) is 13.7. The van der Waals surface area contributed by atoms with Crippen LogP contribution < -0.4 is 5.73 Å². The van der Waals surface area contributed by atoms with Gasteiger partial charge in [-0.2, -0.15) is 5.10 Å². The number of aliphatic hydroxyl groups excluding tert-OH is 1. The van der Waals surface area contributed by atoms with Gasteiger partial charge in [0.05, 0.1) is 28.2 Å². The van der Waals surface area contributed by atoms with Crippen molar-refractivity contribution in [2.24, 2.45) is 0 Å². The standard InChI is InChI=1S/C17H16ClN7O/c18-12-10-2-1-5-20-16(10)23-14(12)13-11-15(19)21-7-22-17(11)25(24-13)8-3-4-9(26)6-8/h1-2,5,7-9,26H,3-4,6H2,(H,20,23)(H2,19,21,22). The Morgan fingerprint density at radius 3 is 2.92 bits per heavy atom. The summed E-state index contributed by atoms with van der Waals surface area (Å²) in [5.41, 5.74) is 8.72. The van der Waals surface area contributed by atoms with Crippen LogP contribution in [0.4, 0.5) is 5.82 Å². The number of H-pyrrole nitrogens is 1. The smallest absolute Gasteiger partial charge is 0.164 e. The Balaban J connectivity index is 1.78. The number of rotatable bonds is 2. The van der Waals surface area contributed by atoms with Crippen LogP contribution in [0.15, 0.2) is 24.7 Å². The summed E-state index contributed by atoms with van der Waals surface area (Å²) in [6.45, 7) is 0. The first-order valence-corrected chi connectivity index (χ1v) is 8.80. The number of pyridine rings is 1. The molecule has 0 aromatic carbocycles. The second-order valence-electron chi connectivity index (χ2n) is 6.58. The molecule has 2 unspecified atom stereocenters. The number of nitrogen functional groups attached to an aromatic ring is 1. The number of anilines is 1. The highest BCUT2D eigenvalue weighted by molar-refractivity contribution is 6.38. The van der Waals surface area contributed by atoms with E-state index >= 15 is 0 Å². The van der Waals surface area contributed by atoms with Gasteiger partial charge in [-0.3, -0.25) is 0 Å². The fraction of sp³-hybridized carbons (Fsp3) is 0.294. The summed E-state index contributed by atoms with van der Waals surface area (Å²) in [5, 5.41) is 16.7. The van der Waals surface area contributed by atoms with E-state index in [0.717, 1.165) is 18.2 Å². The summed E-state index contributed by atoms with van der Waals surface area (Å²) in [6.07, 6.45) is 5.04. The lowest BCUT2D eigenvalue weighted by molar-refractivity contribution is 0.177. The van der Waals surface area contributed by atoms with Crippen molar-refractivity contribution in [3.63, 3.8) is 0 Å². The molecule has 1 aliphatic carbocycles. The van der Waals surface area contributed by atoms with Crippen LogP contribution in [-0.2, 0) is 0 Å². The highest BCUT2D eigenvalue weighted by Crippen LogP contribution is 2.40. The van der Waals surface area contributed by atoms with Crippen LogP contribution in [0.25, 0.3) is 33.5 Å². The Bertz CT molecular complexity index is 1140. The Kier molecular flexibility index (Phi) is 3.38. The molecule has 1 fully saturated rings. The maximum atomic E-state index is 9.92. The summed E-state index contributed by atoms with van der Waals surface area (Å²) in [5.74, 6) is 0.345. The predicted molar refractivity (Wildman–Crippen MR) is 98.7 cm³/mol. The molecule has 132 valence electrons. The minimum absolute atomic E-state index is 0.0665. The van der Waals surface area contributed by atoms with Gasteiger partial charge in [0.25, 0.3) is 0 Å². The van der Waals surface area contributed by atoms with Gasteiger partial charge in [0.2, 0.25) is 0 Å². The van der Waals surface area contributed by atoms with Crippen molar-refractivity contribution in [2.45, 2.75) is 31.4 Å². The normalized spacial score (nSPS) is 20.4. The van der Waals surface area contributed by atoms with Crippen molar-refractivity contribution in [3.8, 4) is 11.4 Å². The molecule has 1 aliphatic rings. The molecule has 26 heavy (non-hydrogen) atoms. The largest absolute Gasteiger partial charge is 0.393 e. The van der Waals surface area contributed by atoms with Crippen molar-refractivity contribution in [1.29, 1.82) is 0 Å². The summed E-state index contributed by atoms with van der Waals surface area (Å²) in [6, 6.07) is 3.80. The lowest BCUT2D eigenvalue weighted by atomic mass is 10.2. The third-order valence-electron chi connectivity index (χ3n) is 4.99. The molecule has 0 radical (unpaired) electrons. The van der Waals surface area contributed by atoms with Gasteiger partial charge < -0.3 is 15.8 Å². The van der Waals surface area contributed by atoms with Gasteiger partial charge in [-0.05, 0) is 31.4 Å². The zero-order valence-corrected chi connectivity index (χ0v) is 14.5. The highest BCUT2D eigenvalue weighted by atomic mass is 35.5. The number of hydrogen-bond donors (Lipinski definition) is 3. The quantitative estimate of drug-likeness (QED) is 0.500. The van der Waals surface area contributed by atoms with Gasteiger partial charge in [0, 0.05) is 11.6 Å². The summed E-state index contributed by atoms with van der Waals surface area (Å²) in [4.78, 5) is 16.1. The van der Waals surface area contributed by atoms with E-state index in [1.165, 1.54) is 6.33 Å². The van der Waals surface area contributed by atoms with Crippen molar-refractivity contribution in [3.05, 3.63) is 29.7 Å². The Hall–Kier alpha value is -2.71. The van der Waals surface area contributed by atoms with Crippen LogP contribution in [0.3, 0.4) is 0 Å². The second kappa shape index (κ2) is 5.65. The van der Waals surface area contributed by atoms with Gasteiger partial charge in [-0.1, -0.05) is 11.6 Å². The predicted octanol–water partition coefficient (Wildman–Crippen LogP) is 2.69. The number of nitrogens with two attached hydrogens (primary N) is 1. The minimum atomic E-state index is -0.317. The number of aromatic amines is 1. The third-order valence-corrected chi connectivity index (χ3v) is 5.38. The second-order valence-corrected chi connectivity index (χ2v) is 6.96. The molecule has 4 aromatic heterocycles. The lowest BCUT2D eigenvalue weighted by Gasteiger charge is -2.10. The van der Waals surface area contributed by atoms with Crippen molar-refractivity contribution in [1.82, 2.24) is 29.7 Å². The van der Waals surface area contributed by atoms with E-state index in [0.29, 0.717) is 45.3 Å². The van der Waals surface area contributed by atoms with E-state index in [-0.39, 0.29) is 12.1 Å². The minimum Gasteiger partial charge on any atom is -0.393 e. The van der Waals surface area contributed by atoms with Crippen molar-refractivity contribution in [2.75, 3.05) is 5.73 Å². The average Bonchev–Trinajstić information content (AvgIpc) is 3.32. The number of nitrogens with one attached hydrogen (secondary N) is 1. The maximum Gasteiger partial charge on any atom is 0.164 e. The van der Waals surface area contributed by atoms with E-state index in [4.69, 9.17) is 22.4 Å². The lowest BCUT2D eigenvalue weighted by Crippen LogP contribution is -2.09. The van der Waals surface area contributed by atoms with E-state index in [1.54, 1.807) is 6.20 Å². The molecule has 2 atom stereocenters. The van der Waals surface area contributed by atoms with Crippen LogP contribution in [0.1, 0.15) is 25.3 Å². The Labute approximate surface area is 153 Å². The summed E-state index contributed by atoms with van der Waals surface area (Å²) < 4.78 is 1.84. The molecule has 8 nitrogen and oxygen atoms in total. The van der Waals surface area contributed by atoms with E-state index in [9.17, 15) is 5.11 Å². The first-order chi connectivity index (χ1) is 12.6. The first-order valence-electron chi connectivity index (χ1n) is 8.43. The van der Waals surface area contributed by atoms with Crippen LogP contribution in [0, 0.1) is 0 Å². The molecule has 0 spiro atoms. The van der Waals surface area contributed by atoms with Gasteiger partial charge in [0.1, 0.15) is 23.5 Å². The summed E-state index contributed by atoms with van der Waals surface area (Å²) >= 11 is 6.59. The molecule has 0 saturated heterocycles. The Morgan fingerprint density at radius 1 is 1.27 bits per heavy atom. The molecule has 0 bridgehead atoms. The molecule has 4 heterocycles. The number of fused-ring (bicyclic) bond motifs is 2. The van der Waals surface area contributed by atoms with Crippen LogP contribution in [0.5, 0.6) is 0 Å². The molecule has 4 aromatic rings. The number of aromatic nitrogens is 6. The molecule has 9 heteroatoms. The maximum absolute atomic E-state index is 9.92. The molecule has 0 aliphatic heterocycles. The van der Waals surface area contributed by atoms with E-state index < -0.39 is 0 Å².